The highest BCUT2D eigenvalue weighted by Gasteiger charge is 2.46. The molecule has 2 N–H and O–H groups in total. The van der Waals surface area contributed by atoms with Crippen LogP contribution in [0.3, 0.4) is 0 Å². The van der Waals surface area contributed by atoms with E-state index < -0.39 is 15.9 Å². The number of benzene rings is 2. The van der Waals surface area contributed by atoms with Crippen LogP contribution < -0.4 is 0 Å². The van der Waals surface area contributed by atoms with Crippen molar-refractivity contribution in [2.75, 3.05) is 14.1 Å². The van der Waals surface area contributed by atoms with E-state index in [1.165, 1.54) is 11.1 Å². The summed E-state index contributed by atoms with van der Waals surface area (Å²) in [6.45, 7) is 0. The topological polar surface area (TPSA) is 113 Å². The molecule has 0 spiro atoms. The first-order valence-electron chi connectivity index (χ1n) is 9.17. The molecule has 8 nitrogen and oxygen atoms in total. The lowest BCUT2D eigenvalue weighted by Gasteiger charge is -2.25. The number of carbonyl (C=O) groups excluding carboxylic acids is 1. The van der Waals surface area contributed by atoms with Crippen LogP contribution in [0.15, 0.2) is 67.1 Å². The molecule has 0 bridgehead atoms. The predicted molar refractivity (Wildman–Crippen MR) is 111 cm³/mol. The van der Waals surface area contributed by atoms with Crippen molar-refractivity contribution in [3.05, 3.63) is 89.5 Å². The van der Waals surface area contributed by atoms with E-state index in [1.54, 1.807) is 26.2 Å². The van der Waals surface area contributed by atoms with Crippen molar-refractivity contribution in [3.8, 4) is 0 Å². The second kappa shape index (κ2) is 8.39. The highest BCUT2D eigenvalue weighted by atomic mass is 32.2. The van der Waals surface area contributed by atoms with Crippen molar-refractivity contribution in [2.45, 2.75) is 17.9 Å². The number of amides is 1. The number of imidazole rings is 1. The van der Waals surface area contributed by atoms with Gasteiger partial charge in [-0.1, -0.05) is 54.6 Å². The summed E-state index contributed by atoms with van der Waals surface area (Å²) in [6, 6.07) is 17.1. The second-order valence-electron chi connectivity index (χ2n) is 7.24. The van der Waals surface area contributed by atoms with Gasteiger partial charge in [-0.3, -0.25) is 9.35 Å². The Balaban J connectivity index is 0.000000461. The summed E-state index contributed by atoms with van der Waals surface area (Å²) in [5, 5.41) is 11.4. The van der Waals surface area contributed by atoms with Crippen molar-refractivity contribution in [2.24, 2.45) is 0 Å². The van der Waals surface area contributed by atoms with Crippen LogP contribution >= 0.6 is 0 Å². The maximum atomic E-state index is 11.6. The molecule has 1 aliphatic carbocycles. The van der Waals surface area contributed by atoms with Gasteiger partial charge in [0, 0.05) is 20.0 Å². The van der Waals surface area contributed by atoms with Crippen molar-refractivity contribution in [1.29, 1.82) is 0 Å². The van der Waals surface area contributed by atoms with E-state index in [-0.39, 0.29) is 18.0 Å². The van der Waals surface area contributed by atoms with Crippen molar-refractivity contribution >= 4 is 16.7 Å². The molecule has 4 rings (SSSR count). The first kappa shape index (κ1) is 21.7. The Morgan fingerprint density at radius 1 is 1.13 bits per heavy atom. The molecule has 1 heterocycles. The molecule has 158 valence electrons. The fourth-order valence-corrected chi connectivity index (χ4v) is 4.29. The highest BCUT2D eigenvalue weighted by molar-refractivity contribution is 7.84. The summed E-state index contributed by atoms with van der Waals surface area (Å²) < 4.78 is 33.4. The van der Waals surface area contributed by atoms with Crippen LogP contribution in [0.4, 0.5) is 0 Å². The van der Waals surface area contributed by atoms with Gasteiger partial charge in [-0.25, -0.2) is 8.96 Å². The minimum absolute atomic E-state index is 0.0286. The molecule has 0 saturated heterocycles. The summed E-state index contributed by atoms with van der Waals surface area (Å²) >= 11 is 0. The van der Waals surface area contributed by atoms with Crippen LogP contribution in [0.2, 0.25) is 0 Å². The van der Waals surface area contributed by atoms with Gasteiger partial charge in [0.2, 0.25) is 6.41 Å². The zero-order valence-corrected chi connectivity index (χ0v) is 17.4. The minimum atomic E-state index is -4.56. The molecule has 2 aromatic carbocycles. The quantitative estimate of drug-likeness (QED) is 0.485. The highest BCUT2D eigenvalue weighted by Crippen LogP contribution is 2.50. The molecule has 0 radical (unpaired) electrons. The van der Waals surface area contributed by atoms with Gasteiger partial charge in [0.05, 0.1) is 11.9 Å². The Hall–Kier alpha value is -3.01. The van der Waals surface area contributed by atoms with Crippen LogP contribution in [0.25, 0.3) is 0 Å². The van der Waals surface area contributed by atoms with Gasteiger partial charge >= 0.3 is 10.3 Å². The monoisotopic (exact) mass is 429 g/mol. The third kappa shape index (κ3) is 4.13. The Kier molecular flexibility index (Phi) is 6.06. The Labute approximate surface area is 175 Å². The van der Waals surface area contributed by atoms with Crippen LogP contribution in [0.1, 0.15) is 34.7 Å². The first-order chi connectivity index (χ1) is 14.2. The van der Waals surface area contributed by atoms with Crippen LogP contribution in [-0.2, 0) is 20.7 Å². The average molecular weight is 429 g/mol. The van der Waals surface area contributed by atoms with Gasteiger partial charge in [0.1, 0.15) is 11.9 Å². The van der Waals surface area contributed by atoms with Gasteiger partial charge in [0.25, 0.3) is 0 Å². The molecule has 1 aromatic heterocycles. The van der Waals surface area contributed by atoms with Crippen molar-refractivity contribution in [1.82, 2.24) is 13.9 Å². The maximum Gasteiger partial charge on any atom is 0.365 e. The molecule has 0 aliphatic heterocycles. The molecule has 2 atom stereocenters. The Morgan fingerprint density at radius 2 is 1.73 bits per heavy atom. The Morgan fingerprint density at radius 3 is 2.33 bits per heavy atom. The number of fused-ring (bicyclic) bond motifs is 1. The van der Waals surface area contributed by atoms with Crippen molar-refractivity contribution in [3.63, 3.8) is 0 Å². The molecule has 2 unspecified atom stereocenters. The van der Waals surface area contributed by atoms with Gasteiger partial charge in [-0.15, -0.1) is 0 Å². The third-order valence-electron chi connectivity index (χ3n) is 4.97. The minimum Gasteiger partial charge on any atom is -0.379 e. The molecule has 1 amide bonds. The van der Waals surface area contributed by atoms with E-state index >= 15 is 0 Å². The smallest absolute Gasteiger partial charge is 0.365 e. The number of aliphatic hydroxyl groups is 1. The standard InChI is InChI=1S/C18H16N2O4S.C3H7NO/c21-18(17-11-19-12-20(17)25(22,23)24)10-15(13-6-2-1-3-7-13)14-8-4-5-9-16(14)18;1-4(2)3-5/h1-9,11-12,15,21H,10H2,(H,22,23,24);3H,1-2H3. The van der Waals surface area contributed by atoms with E-state index in [2.05, 4.69) is 4.98 Å². The van der Waals surface area contributed by atoms with E-state index in [9.17, 15) is 22.9 Å². The summed E-state index contributed by atoms with van der Waals surface area (Å²) in [4.78, 5) is 14.7. The first-order valence-corrected chi connectivity index (χ1v) is 10.6. The molecule has 9 heteroatoms. The predicted octanol–water partition coefficient (Wildman–Crippen LogP) is 2.01. The fourth-order valence-electron chi connectivity index (χ4n) is 3.67. The second-order valence-corrected chi connectivity index (χ2v) is 8.53. The number of hydrogen-bond acceptors (Lipinski definition) is 5. The average Bonchev–Trinajstić information content (AvgIpc) is 3.34. The van der Waals surface area contributed by atoms with Gasteiger partial charge in [0.15, 0.2) is 0 Å². The number of nitrogens with zero attached hydrogens (tertiary/aromatic N) is 3. The van der Waals surface area contributed by atoms with Gasteiger partial charge < -0.3 is 10.0 Å². The van der Waals surface area contributed by atoms with E-state index in [0.717, 1.165) is 23.9 Å². The summed E-state index contributed by atoms with van der Waals surface area (Å²) in [5.74, 6) is -0.0906. The van der Waals surface area contributed by atoms with Crippen LogP contribution in [0, 0.1) is 0 Å². The Bertz CT molecular complexity index is 1130. The normalized spacial score (nSPS) is 20.1. The molecular formula is C21H23N3O5S. The molecule has 30 heavy (non-hydrogen) atoms. The largest absolute Gasteiger partial charge is 0.379 e. The number of rotatable bonds is 4. The summed E-state index contributed by atoms with van der Waals surface area (Å²) in [5.41, 5.74) is 1.04. The molecule has 3 aromatic rings. The third-order valence-corrected chi connectivity index (χ3v) is 5.76. The lowest BCUT2D eigenvalue weighted by atomic mass is 9.90. The number of hydrogen-bond donors (Lipinski definition) is 2. The fraction of sp³-hybridized carbons (Fsp3) is 0.238. The van der Waals surface area contributed by atoms with Crippen molar-refractivity contribution < 1.29 is 22.9 Å². The molecule has 1 aliphatic rings. The zero-order chi connectivity index (χ0) is 21.9. The SMILES string of the molecule is CN(C)C=O.O=S(=O)(O)n1cncc1C1(O)CC(c2ccccc2)c2ccccc21. The number of carbonyl (C=O) groups is 1. The summed E-state index contributed by atoms with van der Waals surface area (Å²) in [6.07, 6.45) is 3.27. The molecular weight excluding hydrogens is 406 g/mol. The maximum absolute atomic E-state index is 11.6. The zero-order valence-electron chi connectivity index (χ0n) is 16.6. The van der Waals surface area contributed by atoms with E-state index in [0.29, 0.717) is 9.54 Å². The van der Waals surface area contributed by atoms with Crippen LogP contribution in [-0.4, -0.2) is 52.4 Å². The van der Waals surface area contributed by atoms with Gasteiger partial charge in [-0.2, -0.15) is 8.42 Å². The summed E-state index contributed by atoms with van der Waals surface area (Å²) in [7, 11) is -1.18. The van der Waals surface area contributed by atoms with Gasteiger partial charge in [-0.05, 0) is 23.1 Å². The van der Waals surface area contributed by atoms with E-state index in [1.807, 2.05) is 42.5 Å². The van der Waals surface area contributed by atoms with E-state index in [4.69, 9.17) is 0 Å². The lowest BCUT2D eigenvalue weighted by Crippen LogP contribution is -2.30. The number of aromatic nitrogens is 2. The van der Waals surface area contributed by atoms with Crippen LogP contribution in [0.5, 0.6) is 0 Å². The molecule has 0 fully saturated rings. The lowest BCUT2D eigenvalue weighted by molar-refractivity contribution is -0.115. The molecule has 0 saturated carbocycles.